The number of benzene rings is 2. The molecule has 1 aliphatic carbocycles. The predicted molar refractivity (Wildman–Crippen MR) is 146 cm³/mol. The zero-order chi connectivity index (χ0) is 28.1. The van der Waals surface area contributed by atoms with E-state index < -0.39 is 6.09 Å². The number of allylic oxidation sites excluding steroid dienone is 1. The van der Waals surface area contributed by atoms with Crippen LogP contribution in [0.15, 0.2) is 54.7 Å². The number of halogens is 1. The van der Waals surface area contributed by atoms with E-state index in [4.69, 9.17) is 14.2 Å². The molecule has 4 rings (SSSR count). The molecule has 0 saturated carbocycles. The monoisotopic (exact) mass is 533 g/mol. The number of pyridine rings is 1. The van der Waals surface area contributed by atoms with E-state index in [-0.39, 0.29) is 35.7 Å². The van der Waals surface area contributed by atoms with Gasteiger partial charge >= 0.3 is 6.09 Å². The highest BCUT2D eigenvalue weighted by Crippen LogP contribution is 2.49. The van der Waals surface area contributed by atoms with Gasteiger partial charge in [-0.2, -0.15) is 0 Å². The Morgan fingerprint density at radius 2 is 1.79 bits per heavy atom. The molecule has 8 nitrogen and oxygen atoms in total. The molecule has 0 bridgehead atoms. The number of aromatic nitrogens is 1. The molecular formula is C30H32FN3O5. The third-order valence-corrected chi connectivity index (χ3v) is 6.78. The zero-order valence-electron chi connectivity index (χ0n) is 22.7. The molecule has 0 saturated heterocycles. The van der Waals surface area contributed by atoms with Crippen LogP contribution in [0.4, 0.5) is 9.18 Å². The number of ether oxygens (including phenoxy) is 3. The molecule has 3 aromatic rings. The van der Waals surface area contributed by atoms with Crippen LogP contribution in [0, 0.1) is 11.7 Å². The fourth-order valence-electron chi connectivity index (χ4n) is 4.74. The van der Waals surface area contributed by atoms with Crippen LogP contribution in [0.25, 0.3) is 11.6 Å². The van der Waals surface area contributed by atoms with E-state index >= 15 is 0 Å². The summed E-state index contributed by atoms with van der Waals surface area (Å²) in [5.41, 5.74) is 4.13. The molecule has 1 N–H and O–H groups in total. The van der Waals surface area contributed by atoms with E-state index in [2.05, 4.69) is 10.3 Å². The molecule has 2 unspecified atom stereocenters. The highest BCUT2D eigenvalue weighted by atomic mass is 19.1. The van der Waals surface area contributed by atoms with E-state index in [0.717, 1.165) is 28.0 Å². The van der Waals surface area contributed by atoms with E-state index in [1.807, 2.05) is 31.2 Å². The molecule has 1 aliphatic rings. The Morgan fingerprint density at radius 1 is 1.08 bits per heavy atom. The number of hydrogen-bond acceptors (Lipinski definition) is 6. The Labute approximate surface area is 227 Å². The Morgan fingerprint density at radius 3 is 2.41 bits per heavy atom. The molecule has 2 amide bonds. The van der Waals surface area contributed by atoms with Gasteiger partial charge in [0.05, 0.1) is 26.5 Å². The van der Waals surface area contributed by atoms with Gasteiger partial charge in [-0.25, -0.2) is 9.18 Å². The highest BCUT2D eigenvalue weighted by Gasteiger charge is 2.35. The lowest BCUT2D eigenvalue weighted by Crippen LogP contribution is -2.25. The summed E-state index contributed by atoms with van der Waals surface area (Å²) >= 11 is 0. The van der Waals surface area contributed by atoms with Crippen molar-refractivity contribution < 1.29 is 28.2 Å². The van der Waals surface area contributed by atoms with Crippen LogP contribution in [0.2, 0.25) is 0 Å². The van der Waals surface area contributed by atoms with Crippen molar-refractivity contribution in [3.05, 3.63) is 82.9 Å². The number of carbonyl (C=O) groups excluding carboxylic acids is 2. The summed E-state index contributed by atoms with van der Waals surface area (Å²) in [4.78, 5) is 30.6. The van der Waals surface area contributed by atoms with E-state index in [9.17, 15) is 14.0 Å². The van der Waals surface area contributed by atoms with Crippen molar-refractivity contribution in [1.82, 2.24) is 15.2 Å². The van der Waals surface area contributed by atoms with Gasteiger partial charge in [0.15, 0.2) is 11.5 Å². The van der Waals surface area contributed by atoms with Crippen molar-refractivity contribution in [1.29, 1.82) is 0 Å². The summed E-state index contributed by atoms with van der Waals surface area (Å²) in [6.45, 7) is 2.35. The minimum Gasteiger partial charge on any atom is -0.493 e. The second-order valence-electron chi connectivity index (χ2n) is 9.55. The highest BCUT2D eigenvalue weighted by molar-refractivity contribution is 5.90. The Kier molecular flexibility index (Phi) is 8.49. The topological polar surface area (TPSA) is 90.0 Å². The summed E-state index contributed by atoms with van der Waals surface area (Å²) in [6.07, 6.45) is 3.28. The van der Waals surface area contributed by atoms with Crippen molar-refractivity contribution in [2.45, 2.75) is 25.8 Å². The second-order valence-corrected chi connectivity index (χ2v) is 9.55. The number of carbonyl (C=O) groups is 2. The van der Waals surface area contributed by atoms with Gasteiger partial charge < -0.3 is 24.4 Å². The molecule has 0 spiro atoms. The van der Waals surface area contributed by atoms with Crippen molar-refractivity contribution in [2.75, 3.05) is 28.3 Å². The summed E-state index contributed by atoms with van der Waals surface area (Å²) in [5, 5.41) is 2.92. The molecule has 1 heterocycles. The average Bonchev–Trinajstić information content (AvgIpc) is 3.17. The summed E-state index contributed by atoms with van der Waals surface area (Å²) in [7, 11) is 6.12. The van der Waals surface area contributed by atoms with Gasteiger partial charge in [0.2, 0.25) is 11.7 Å². The molecule has 9 heteroatoms. The lowest BCUT2D eigenvalue weighted by atomic mass is 9.88. The molecule has 204 valence electrons. The Balaban J connectivity index is 1.64. The van der Waals surface area contributed by atoms with E-state index in [1.54, 1.807) is 38.5 Å². The van der Waals surface area contributed by atoms with Gasteiger partial charge in [-0.15, -0.1) is 0 Å². The standard InChI is InChI=1S/C30H32FN3O5/c1-18-23(12-19-13-26(37-4)29(27(14-19)38-5)39-30(36)34(2)3)22-10-9-20(31)15-25(22)24(18)16-28(35)33-17-21-8-6-7-11-32-21/h6-15,18,24H,16-17H2,1-5H3,(H,33,35). The first-order valence-corrected chi connectivity index (χ1v) is 12.5. The second kappa shape index (κ2) is 12.0. The third-order valence-electron chi connectivity index (χ3n) is 6.78. The number of rotatable bonds is 8. The summed E-state index contributed by atoms with van der Waals surface area (Å²) < 4.78 is 30.8. The smallest absolute Gasteiger partial charge is 0.414 e. The Hall–Kier alpha value is -4.40. The molecular weight excluding hydrogens is 501 g/mol. The largest absolute Gasteiger partial charge is 0.493 e. The van der Waals surface area contributed by atoms with Crippen LogP contribution >= 0.6 is 0 Å². The fourth-order valence-corrected chi connectivity index (χ4v) is 4.74. The van der Waals surface area contributed by atoms with E-state index in [0.29, 0.717) is 18.0 Å². The lowest BCUT2D eigenvalue weighted by molar-refractivity contribution is -0.121. The molecule has 0 fully saturated rings. The van der Waals surface area contributed by atoms with Crippen LogP contribution in [-0.4, -0.2) is 50.2 Å². The van der Waals surface area contributed by atoms with Gasteiger partial charge in [0.1, 0.15) is 5.82 Å². The van der Waals surface area contributed by atoms with E-state index in [1.165, 1.54) is 31.3 Å². The van der Waals surface area contributed by atoms with Crippen molar-refractivity contribution >= 4 is 23.6 Å². The van der Waals surface area contributed by atoms with Gasteiger partial charge in [-0.1, -0.05) is 25.1 Å². The first-order valence-electron chi connectivity index (χ1n) is 12.5. The minimum atomic E-state index is -0.567. The van der Waals surface area contributed by atoms with Crippen LogP contribution in [0.3, 0.4) is 0 Å². The number of hydrogen-bond donors (Lipinski definition) is 1. The minimum absolute atomic E-state index is 0.0781. The van der Waals surface area contributed by atoms with Crippen LogP contribution in [0.5, 0.6) is 17.2 Å². The maximum Gasteiger partial charge on any atom is 0.414 e. The van der Waals surface area contributed by atoms with Crippen LogP contribution in [-0.2, 0) is 11.3 Å². The molecule has 2 aromatic carbocycles. The number of methoxy groups -OCH3 is 2. The molecule has 39 heavy (non-hydrogen) atoms. The number of fused-ring (bicyclic) bond motifs is 1. The first kappa shape index (κ1) is 27.6. The number of nitrogens with one attached hydrogen (secondary N) is 1. The maximum absolute atomic E-state index is 14.3. The third kappa shape index (κ3) is 6.19. The quantitative estimate of drug-likeness (QED) is 0.424. The summed E-state index contributed by atoms with van der Waals surface area (Å²) in [5.74, 6) is 0.0465. The molecule has 1 aromatic heterocycles. The van der Waals surface area contributed by atoms with Crippen LogP contribution < -0.4 is 19.5 Å². The van der Waals surface area contributed by atoms with Crippen molar-refractivity contribution in [3.63, 3.8) is 0 Å². The lowest BCUT2D eigenvalue weighted by Gasteiger charge is -2.18. The molecule has 0 aliphatic heterocycles. The normalized spacial score (nSPS) is 16.9. The van der Waals surface area contributed by atoms with Crippen molar-refractivity contribution in [2.24, 2.45) is 5.92 Å². The van der Waals surface area contributed by atoms with Gasteiger partial charge in [-0.3, -0.25) is 9.78 Å². The predicted octanol–water partition coefficient (Wildman–Crippen LogP) is 5.28. The number of nitrogens with zero attached hydrogens (tertiary/aromatic N) is 2. The SMILES string of the molecule is COc1cc(C=C2c3ccc(F)cc3C(CC(=O)NCc3ccccn3)C2C)cc(OC)c1OC(=O)N(C)C. The molecule has 2 atom stereocenters. The fraction of sp³-hybridized carbons (Fsp3) is 0.300. The average molecular weight is 534 g/mol. The van der Waals surface area contributed by atoms with Crippen LogP contribution in [0.1, 0.15) is 41.6 Å². The number of amides is 2. The van der Waals surface area contributed by atoms with Crippen molar-refractivity contribution in [3.8, 4) is 17.2 Å². The summed E-state index contributed by atoms with van der Waals surface area (Å²) in [6, 6.07) is 13.7. The first-order chi connectivity index (χ1) is 18.7. The Bertz CT molecular complexity index is 1370. The van der Waals surface area contributed by atoms with Gasteiger partial charge in [0.25, 0.3) is 0 Å². The zero-order valence-corrected chi connectivity index (χ0v) is 22.7. The van der Waals surface area contributed by atoms with Gasteiger partial charge in [-0.05, 0) is 70.5 Å². The molecule has 0 radical (unpaired) electrons. The van der Waals surface area contributed by atoms with Gasteiger partial charge in [0, 0.05) is 26.7 Å². The maximum atomic E-state index is 14.3.